The molecule has 33 heavy (non-hydrogen) atoms. The molecule has 3 aromatic rings. The first-order chi connectivity index (χ1) is 16.1. The molecule has 0 saturated carbocycles. The number of nitriles is 1. The molecule has 5 nitrogen and oxygen atoms in total. The number of halogens is 1. The molecule has 0 heterocycles. The van der Waals surface area contributed by atoms with Gasteiger partial charge < -0.3 is 14.8 Å². The van der Waals surface area contributed by atoms with Gasteiger partial charge in [0.25, 0.3) is 5.91 Å². The summed E-state index contributed by atoms with van der Waals surface area (Å²) in [5.41, 5.74) is 2.67. The quantitative estimate of drug-likeness (QED) is 0.316. The largest absolute Gasteiger partial charge is 0.490 e. The fourth-order valence-corrected chi connectivity index (χ4v) is 3.34. The molecule has 168 valence electrons. The van der Waals surface area contributed by atoms with Crippen LogP contribution in [-0.2, 0) is 17.8 Å². The molecule has 0 aromatic heterocycles. The van der Waals surface area contributed by atoms with Crippen LogP contribution in [0.2, 0.25) is 5.02 Å². The Labute approximate surface area is 199 Å². The lowest BCUT2D eigenvalue weighted by Crippen LogP contribution is -2.26. The lowest BCUT2D eigenvalue weighted by Gasteiger charge is -2.13. The van der Waals surface area contributed by atoms with Gasteiger partial charge >= 0.3 is 0 Å². The van der Waals surface area contributed by atoms with Crippen LogP contribution in [0.15, 0.2) is 78.4 Å². The number of benzene rings is 3. The number of carbonyl (C=O) groups is 1. The van der Waals surface area contributed by atoms with Crippen molar-refractivity contribution in [2.75, 3.05) is 13.2 Å². The predicted octanol–water partition coefficient (Wildman–Crippen LogP) is 5.58. The fourth-order valence-electron chi connectivity index (χ4n) is 3.15. The zero-order chi connectivity index (χ0) is 23.5. The second-order valence-corrected chi connectivity index (χ2v) is 7.59. The van der Waals surface area contributed by atoms with E-state index >= 15 is 0 Å². The van der Waals surface area contributed by atoms with Gasteiger partial charge in [-0.25, -0.2) is 0 Å². The fraction of sp³-hybridized carbons (Fsp3) is 0.185. The highest BCUT2D eigenvalue weighted by Gasteiger charge is 2.11. The summed E-state index contributed by atoms with van der Waals surface area (Å²) >= 11 is 6.20. The molecular weight excluding hydrogens is 436 g/mol. The van der Waals surface area contributed by atoms with E-state index in [1.54, 1.807) is 18.2 Å². The van der Waals surface area contributed by atoms with E-state index in [0.717, 1.165) is 11.1 Å². The average Bonchev–Trinajstić information content (AvgIpc) is 2.83. The lowest BCUT2D eigenvalue weighted by atomic mass is 10.1. The number of amides is 1. The summed E-state index contributed by atoms with van der Waals surface area (Å²) in [6.07, 6.45) is 2.23. The Hall–Kier alpha value is -3.75. The molecule has 0 unspecified atom stereocenters. The number of hydrogen-bond acceptors (Lipinski definition) is 4. The van der Waals surface area contributed by atoms with E-state index in [9.17, 15) is 10.1 Å². The molecule has 0 aliphatic rings. The third-order valence-corrected chi connectivity index (χ3v) is 5.20. The van der Waals surface area contributed by atoms with E-state index in [4.69, 9.17) is 21.1 Å². The Kier molecular flexibility index (Phi) is 8.93. The minimum Gasteiger partial charge on any atom is -0.490 e. The second-order valence-electron chi connectivity index (χ2n) is 7.18. The van der Waals surface area contributed by atoms with Crippen molar-refractivity contribution in [3.8, 4) is 17.6 Å². The summed E-state index contributed by atoms with van der Waals surface area (Å²) in [6.45, 7) is 3.06. The van der Waals surface area contributed by atoms with Crippen molar-refractivity contribution < 1.29 is 14.3 Å². The van der Waals surface area contributed by atoms with Crippen molar-refractivity contribution >= 4 is 23.6 Å². The number of nitrogens with one attached hydrogen (secondary N) is 1. The van der Waals surface area contributed by atoms with Crippen LogP contribution in [0.25, 0.3) is 6.08 Å². The third-order valence-electron chi connectivity index (χ3n) is 4.83. The second kappa shape index (κ2) is 12.3. The number of rotatable bonds is 10. The molecule has 0 atom stereocenters. The molecule has 0 fully saturated rings. The minimum absolute atomic E-state index is 0.0234. The molecule has 0 aliphatic heterocycles. The molecule has 3 rings (SSSR count). The molecule has 0 radical (unpaired) electrons. The first-order valence-corrected chi connectivity index (χ1v) is 11.1. The van der Waals surface area contributed by atoms with Crippen LogP contribution in [0, 0.1) is 11.3 Å². The van der Waals surface area contributed by atoms with Gasteiger partial charge in [0.1, 0.15) is 18.2 Å². The summed E-state index contributed by atoms with van der Waals surface area (Å²) in [6, 6.07) is 24.6. The molecular formula is C27H25ClN2O3. The van der Waals surface area contributed by atoms with E-state index in [2.05, 4.69) is 5.32 Å². The topological polar surface area (TPSA) is 71.3 Å². The van der Waals surface area contributed by atoms with Gasteiger partial charge in [0.05, 0.1) is 6.61 Å². The monoisotopic (exact) mass is 460 g/mol. The van der Waals surface area contributed by atoms with E-state index in [-0.39, 0.29) is 5.57 Å². The van der Waals surface area contributed by atoms with E-state index in [1.807, 2.05) is 67.6 Å². The van der Waals surface area contributed by atoms with Crippen molar-refractivity contribution in [2.24, 2.45) is 0 Å². The van der Waals surface area contributed by atoms with Gasteiger partial charge in [0, 0.05) is 17.1 Å². The Morgan fingerprint density at radius 1 is 1.03 bits per heavy atom. The van der Waals surface area contributed by atoms with E-state index in [1.165, 1.54) is 6.08 Å². The Balaban J connectivity index is 1.68. The van der Waals surface area contributed by atoms with Gasteiger partial charge in [-0.1, -0.05) is 66.2 Å². The van der Waals surface area contributed by atoms with Crippen LogP contribution >= 0.6 is 11.6 Å². The summed E-state index contributed by atoms with van der Waals surface area (Å²) in [5.74, 6) is 0.672. The van der Waals surface area contributed by atoms with Crippen molar-refractivity contribution in [1.82, 2.24) is 5.32 Å². The van der Waals surface area contributed by atoms with Gasteiger partial charge in [0.15, 0.2) is 11.5 Å². The summed E-state index contributed by atoms with van der Waals surface area (Å²) in [4.78, 5) is 12.5. The SMILES string of the molecule is CCOc1cc(/C=C(\C#N)C(=O)NCCc2ccccc2)ccc1OCc1ccccc1Cl. The van der Waals surface area contributed by atoms with Crippen LogP contribution in [-0.4, -0.2) is 19.1 Å². The van der Waals surface area contributed by atoms with Crippen LogP contribution in [0.5, 0.6) is 11.5 Å². The van der Waals surface area contributed by atoms with Gasteiger partial charge in [0.2, 0.25) is 0 Å². The molecule has 1 N–H and O–H groups in total. The number of nitrogens with zero attached hydrogens (tertiary/aromatic N) is 1. The highest BCUT2D eigenvalue weighted by Crippen LogP contribution is 2.30. The molecule has 0 aliphatic carbocycles. The molecule has 3 aromatic carbocycles. The maximum absolute atomic E-state index is 12.5. The summed E-state index contributed by atoms with van der Waals surface area (Å²) < 4.78 is 11.6. The first kappa shape index (κ1) is 23.9. The standard InChI is InChI=1S/C27H25ClN2O3/c1-2-32-26-17-21(12-13-25(26)33-19-22-10-6-7-11-24(22)28)16-23(18-29)27(31)30-15-14-20-8-4-3-5-9-20/h3-13,16-17H,2,14-15,19H2,1H3,(H,30,31)/b23-16+. The maximum Gasteiger partial charge on any atom is 0.261 e. The van der Waals surface area contributed by atoms with Crippen molar-refractivity contribution in [2.45, 2.75) is 20.0 Å². The molecule has 6 heteroatoms. The Morgan fingerprint density at radius 2 is 1.79 bits per heavy atom. The van der Waals surface area contributed by atoms with Crippen LogP contribution in [0.1, 0.15) is 23.6 Å². The van der Waals surface area contributed by atoms with Crippen molar-refractivity contribution in [3.05, 3.63) is 100 Å². The average molecular weight is 461 g/mol. The highest BCUT2D eigenvalue weighted by molar-refractivity contribution is 6.31. The van der Waals surface area contributed by atoms with Gasteiger partial charge in [-0.05, 0) is 48.7 Å². The normalized spacial score (nSPS) is 10.9. The number of hydrogen-bond donors (Lipinski definition) is 1. The van der Waals surface area contributed by atoms with Crippen LogP contribution < -0.4 is 14.8 Å². The molecule has 1 amide bonds. The third kappa shape index (κ3) is 7.13. The highest BCUT2D eigenvalue weighted by atomic mass is 35.5. The van der Waals surface area contributed by atoms with Crippen molar-refractivity contribution in [1.29, 1.82) is 5.26 Å². The van der Waals surface area contributed by atoms with Crippen LogP contribution in [0.4, 0.5) is 0 Å². The van der Waals surface area contributed by atoms with Gasteiger partial charge in [-0.3, -0.25) is 4.79 Å². The Bertz CT molecular complexity index is 1150. The van der Waals surface area contributed by atoms with E-state index in [0.29, 0.717) is 48.3 Å². The first-order valence-electron chi connectivity index (χ1n) is 10.7. The van der Waals surface area contributed by atoms with E-state index < -0.39 is 5.91 Å². The predicted molar refractivity (Wildman–Crippen MR) is 130 cm³/mol. The lowest BCUT2D eigenvalue weighted by molar-refractivity contribution is -0.117. The number of ether oxygens (including phenoxy) is 2. The zero-order valence-corrected chi connectivity index (χ0v) is 19.1. The van der Waals surface area contributed by atoms with Crippen molar-refractivity contribution in [3.63, 3.8) is 0 Å². The summed E-state index contributed by atoms with van der Waals surface area (Å²) in [5, 5.41) is 12.9. The smallest absolute Gasteiger partial charge is 0.261 e. The van der Waals surface area contributed by atoms with Gasteiger partial charge in [-0.15, -0.1) is 0 Å². The maximum atomic E-state index is 12.5. The number of carbonyl (C=O) groups excluding carboxylic acids is 1. The van der Waals surface area contributed by atoms with Crippen LogP contribution in [0.3, 0.4) is 0 Å². The molecule has 0 bridgehead atoms. The van der Waals surface area contributed by atoms with Gasteiger partial charge in [-0.2, -0.15) is 5.26 Å². The molecule has 0 saturated heterocycles. The minimum atomic E-state index is -0.412. The molecule has 0 spiro atoms. The zero-order valence-electron chi connectivity index (χ0n) is 18.4. The Morgan fingerprint density at radius 3 is 2.52 bits per heavy atom. The summed E-state index contributed by atoms with van der Waals surface area (Å²) in [7, 11) is 0.